The van der Waals surface area contributed by atoms with Crippen molar-refractivity contribution in [2.24, 2.45) is 5.41 Å². The summed E-state index contributed by atoms with van der Waals surface area (Å²) >= 11 is 0. The molecule has 1 atom stereocenters. The molecule has 1 aromatic carbocycles. The topological polar surface area (TPSA) is 84.7 Å². The zero-order valence-electron chi connectivity index (χ0n) is 12.9. The monoisotopic (exact) mass is 341 g/mol. The zero-order valence-corrected chi connectivity index (χ0v) is 13.7. The van der Waals surface area contributed by atoms with Gasteiger partial charge >= 0.3 is 5.69 Å². The molecule has 8 heteroatoms. The summed E-state index contributed by atoms with van der Waals surface area (Å²) in [7, 11) is 1.37. The van der Waals surface area contributed by atoms with Crippen molar-refractivity contribution in [3.8, 4) is 5.75 Å². The van der Waals surface area contributed by atoms with E-state index in [0.29, 0.717) is 5.56 Å². The van der Waals surface area contributed by atoms with Crippen LogP contribution < -0.4 is 10.1 Å². The summed E-state index contributed by atoms with van der Waals surface area (Å²) < 4.78 is 5.03. The number of methoxy groups -OCH3 is 1. The number of nitrogens with zero attached hydrogens (tertiary/aromatic N) is 2. The Morgan fingerprint density at radius 3 is 2.83 bits per heavy atom. The first-order chi connectivity index (χ1) is 10.5. The molecular weight excluding hydrogens is 322 g/mol. The maximum atomic E-state index is 12.6. The third-order valence-corrected chi connectivity index (χ3v) is 4.68. The number of nitrogens with one attached hydrogen (secondary N) is 1. The minimum absolute atomic E-state index is 0. The summed E-state index contributed by atoms with van der Waals surface area (Å²) in [6, 6.07) is 4.29. The van der Waals surface area contributed by atoms with E-state index in [9.17, 15) is 14.9 Å². The largest absolute Gasteiger partial charge is 0.490 e. The molecule has 2 saturated heterocycles. The van der Waals surface area contributed by atoms with Crippen LogP contribution in [-0.2, 0) is 0 Å². The Kier molecular flexibility index (Phi) is 5.11. The van der Waals surface area contributed by atoms with Crippen LogP contribution in [0.15, 0.2) is 18.2 Å². The number of hydrogen-bond acceptors (Lipinski definition) is 5. The summed E-state index contributed by atoms with van der Waals surface area (Å²) in [5.41, 5.74) is 0.517. The lowest BCUT2D eigenvalue weighted by molar-refractivity contribution is -0.385. The standard InChI is InChI=1S/C15H19N3O4.ClH/c1-22-13-8-11(2-3-12(13)18(20)21)14(19)17-7-5-15(10-17)4-6-16-9-15;/h2-3,8,16H,4-7,9-10H2,1H3;1H. The van der Waals surface area contributed by atoms with Gasteiger partial charge in [-0.3, -0.25) is 14.9 Å². The van der Waals surface area contributed by atoms with E-state index in [0.717, 1.165) is 39.0 Å². The highest BCUT2D eigenvalue weighted by atomic mass is 35.5. The first-order valence-corrected chi connectivity index (χ1v) is 7.37. The highest BCUT2D eigenvalue weighted by molar-refractivity contribution is 5.95. The van der Waals surface area contributed by atoms with Gasteiger partial charge in [-0.05, 0) is 25.5 Å². The SMILES string of the molecule is COc1cc(C(=O)N2CCC3(CCNC3)C2)ccc1[N+](=O)[O-].Cl. The molecule has 1 N–H and O–H groups in total. The summed E-state index contributed by atoms with van der Waals surface area (Å²) in [6.07, 6.45) is 2.11. The molecule has 2 aliphatic rings. The number of likely N-dealkylation sites (tertiary alicyclic amines) is 1. The number of amides is 1. The molecule has 7 nitrogen and oxygen atoms in total. The van der Waals surface area contributed by atoms with Gasteiger partial charge in [-0.25, -0.2) is 0 Å². The molecule has 0 radical (unpaired) electrons. The van der Waals surface area contributed by atoms with Crippen LogP contribution in [0.1, 0.15) is 23.2 Å². The summed E-state index contributed by atoms with van der Waals surface area (Å²) in [5.74, 6) is 0.0317. The van der Waals surface area contributed by atoms with E-state index in [2.05, 4.69) is 5.32 Å². The number of carbonyl (C=O) groups excluding carboxylic acids is 1. The minimum Gasteiger partial charge on any atom is -0.490 e. The van der Waals surface area contributed by atoms with Gasteiger partial charge in [-0.15, -0.1) is 12.4 Å². The summed E-state index contributed by atoms with van der Waals surface area (Å²) in [5, 5.41) is 14.3. The molecule has 0 aliphatic carbocycles. The molecule has 23 heavy (non-hydrogen) atoms. The van der Waals surface area contributed by atoms with Crippen molar-refractivity contribution in [2.45, 2.75) is 12.8 Å². The smallest absolute Gasteiger partial charge is 0.310 e. The first-order valence-electron chi connectivity index (χ1n) is 7.37. The quantitative estimate of drug-likeness (QED) is 0.670. The van der Waals surface area contributed by atoms with Crippen molar-refractivity contribution in [2.75, 3.05) is 33.3 Å². The lowest BCUT2D eigenvalue weighted by atomic mass is 9.86. The summed E-state index contributed by atoms with van der Waals surface area (Å²) in [4.78, 5) is 24.9. The number of nitro benzene ring substituents is 1. The van der Waals surface area contributed by atoms with E-state index in [1.165, 1.54) is 25.3 Å². The van der Waals surface area contributed by atoms with Crippen molar-refractivity contribution in [1.29, 1.82) is 0 Å². The van der Waals surface area contributed by atoms with Crippen molar-refractivity contribution < 1.29 is 14.5 Å². The van der Waals surface area contributed by atoms with Gasteiger partial charge in [0.05, 0.1) is 12.0 Å². The van der Waals surface area contributed by atoms with E-state index in [1.54, 1.807) is 0 Å². The van der Waals surface area contributed by atoms with Crippen LogP contribution in [0.4, 0.5) is 5.69 Å². The van der Waals surface area contributed by atoms with Crippen LogP contribution in [0.25, 0.3) is 0 Å². The van der Waals surface area contributed by atoms with E-state index in [1.807, 2.05) is 4.90 Å². The van der Waals surface area contributed by atoms with Gasteiger partial charge in [0.25, 0.3) is 5.91 Å². The van der Waals surface area contributed by atoms with Crippen LogP contribution in [0.2, 0.25) is 0 Å². The molecule has 0 saturated carbocycles. The number of rotatable bonds is 3. The van der Waals surface area contributed by atoms with E-state index < -0.39 is 4.92 Å². The van der Waals surface area contributed by atoms with E-state index >= 15 is 0 Å². The van der Waals surface area contributed by atoms with Crippen LogP contribution in [-0.4, -0.2) is 49.0 Å². The number of nitro groups is 1. The van der Waals surface area contributed by atoms with Crippen LogP contribution in [0.3, 0.4) is 0 Å². The Morgan fingerprint density at radius 2 is 2.22 bits per heavy atom. The first kappa shape index (κ1) is 17.5. The Hall–Kier alpha value is -1.86. The predicted octanol–water partition coefficient (Wildman–Crippen LogP) is 1.85. The fourth-order valence-corrected chi connectivity index (χ4v) is 3.40. The van der Waals surface area contributed by atoms with Crippen molar-refractivity contribution >= 4 is 24.0 Å². The van der Waals surface area contributed by atoms with Gasteiger partial charge in [0, 0.05) is 42.7 Å². The molecule has 3 rings (SSSR count). The maximum absolute atomic E-state index is 12.6. The molecule has 2 aliphatic heterocycles. The number of ether oxygens (including phenoxy) is 1. The number of carbonyl (C=O) groups is 1. The predicted molar refractivity (Wildman–Crippen MR) is 87.3 cm³/mol. The molecule has 2 heterocycles. The average molecular weight is 342 g/mol. The fourth-order valence-electron chi connectivity index (χ4n) is 3.40. The zero-order chi connectivity index (χ0) is 15.7. The van der Waals surface area contributed by atoms with Gasteiger partial charge < -0.3 is 15.0 Å². The average Bonchev–Trinajstić information content (AvgIpc) is 3.16. The molecule has 1 amide bonds. The van der Waals surface area contributed by atoms with Crippen molar-refractivity contribution in [3.05, 3.63) is 33.9 Å². The van der Waals surface area contributed by atoms with E-state index in [-0.39, 0.29) is 35.2 Å². The molecule has 0 aromatic heterocycles. The Balaban J connectivity index is 0.00000192. The Bertz CT molecular complexity index is 617. The third-order valence-electron chi connectivity index (χ3n) is 4.68. The number of halogens is 1. The summed E-state index contributed by atoms with van der Waals surface area (Å²) in [6.45, 7) is 3.45. The lowest BCUT2D eigenvalue weighted by Crippen LogP contribution is -2.33. The Morgan fingerprint density at radius 1 is 1.43 bits per heavy atom. The maximum Gasteiger partial charge on any atom is 0.310 e. The van der Waals surface area contributed by atoms with Crippen LogP contribution in [0, 0.1) is 15.5 Å². The lowest BCUT2D eigenvalue weighted by Gasteiger charge is -2.22. The highest BCUT2D eigenvalue weighted by Gasteiger charge is 2.42. The molecular formula is C15H20ClN3O4. The molecule has 0 bridgehead atoms. The van der Waals surface area contributed by atoms with Crippen LogP contribution in [0.5, 0.6) is 5.75 Å². The van der Waals surface area contributed by atoms with Crippen molar-refractivity contribution in [3.63, 3.8) is 0 Å². The highest BCUT2D eigenvalue weighted by Crippen LogP contribution is 2.37. The van der Waals surface area contributed by atoms with E-state index in [4.69, 9.17) is 4.74 Å². The minimum atomic E-state index is -0.512. The van der Waals surface area contributed by atoms with Crippen LogP contribution >= 0.6 is 12.4 Å². The van der Waals surface area contributed by atoms with Crippen molar-refractivity contribution in [1.82, 2.24) is 10.2 Å². The van der Waals surface area contributed by atoms with Gasteiger partial charge in [-0.1, -0.05) is 0 Å². The number of hydrogen-bond donors (Lipinski definition) is 1. The second-order valence-corrected chi connectivity index (χ2v) is 6.05. The Labute approximate surface area is 140 Å². The fraction of sp³-hybridized carbons (Fsp3) is 0.533. The molecule has 1 unspecified atom stereocenters. The van der Waals surface area contributed by atoms with Gasteiger partial charge in [0.2, 0.25) is 0 Å². The third kappa shape index (κ3) is 3.25. The molecule has 1 aromatic rings. The molecule has 126 valence electrons. The second kappa shape index (κ2) is 6.72. The molecule has 2 fully saturated rings. The van der Waals surface area contributed by atoms with Gasteiger partial charge in [0.15, 0.2) is 5.75 Å². The molecule has 1 spiro atoms. The van der Waals surface area contributed by atoms with Gasteiger partial charge in [0.1, 0.15) is 0 Å². The van der Waals surface area contributed by atoms with Gasteiger partial charge in [-0.2, -0.15) is 0 Å². The second-order valence-electron chi connectivity index (χ2n) is 6.05. The number of benzene rings is 1. The normalized spacial score (nSPS) is 22.9.